The first-order valence-corrected chi connectivity index (χ1v) is 16.2. The number of hydrogen-bond donors (Lipinski definition) is 0. The number of amides is 2. The Balaban J connectivity index is 1.22. The monoisotopic (exact) mass is 699 g/mol. The van der Waals surface area contributed by atoms with Gasteiger partial charge in [0.15, 0.2) is 0 Å². The average Bonchev–Trinajstić information content (AvgIpc) is 3.14. The highest BCUT2D eigenvalue weighted by molar-refractivity contribution is 9.10. The lowest BCUT2D eigenvalue weighted by molar-refractivity contribution is -0.134. The minimum absolute atomic E-state index is 0.00510. The fourth-order valence-corrected chi connectivity index (χ4v) is 8.11. The molecule has 0 saturated carbocycles. The van der Waals surface area contributed by atoms with Gasteiger partial charge in [-0.3, -0.25) is 14.6 Å². The number of aryl methyl sites for hydroxylation is 2. The Labute approximate surface area is 262 Å². The van der Waals surface area contributed by atoms with E-state index in [2.05, 4.69) is 44.0 Å². The van der Waals surface area contributed by atoms with Crippen LogP contribution in [0.2, 0.25) is 5.02 Å². The van der Waals surface area contributed by atoms with Crippen LogP contribution in [-0.2, 0) is 28.8 Å². The lowest BCUT2D eigenvalue weighted by atomic mass is 9.76. The van der Waals surface area contributed by atoms with Crippen molar-refractivity contribution in [2.75, 3.05) is 39.4 Å². The number of ether oxygens (including phenoxy) is 1. The van der Waals surface area contributed by atoms with Crippen LogP contribution in [-0.4, -0.2) is 66.0 Å². The second-order valence-corrected chi connectivity index (χ2v) is 13.3. The molecule has 6 rings (SSSR count). The SMILES string of the molecule is O=C(Cc1ccccc1C(=O)N1CCC([C@H]2c3ncc(Br)cc3CCc3cc(Cl)cc(Br)c32)CC1)N1CCOCC1. The molecule has 9 heteroatoms. The molecule has 0 radical (unpaired) electrons. The molecule has 6 nitrogen and oxygen atoms in total. The summed E-state index contributed by atoms with van der Waals surface area (Å²) in [5.74, 6) is 0.505. The lowest BCUT2D eigenvalue weighted by Gasteiger charge is -2.37. The molecular formula is C32H32Br2ClN3O3. The Morgan fingerprint density at radius 1 is 0.951 bits per heavy atom. The molecule has 1 aromatic heterocycles. The minimum Gasteiger partial charge on any atom is -0.378 e. The van der Waals surface area contributed by atoms with Crippen molar-refractivity contribution in [2.24, 2.45) is 5.92 Å². The van der Waals surface area contributed by atoms with Gasteiger partial charge in [-0.2, -0.15) is 0 Å². The van der Waals surface area contributed by atoms with E-state index in [1.807, 2.05) is 46.3 Å². The van der Waals surface area contributed by atoms with Crippen molar-refractivity contribution >= 4 is 55.3 Å². The highest BCUT2D eigenvalue weighted by Crippen LogP contribution is 2.46. The van der Waals surface area contributed by atoms with Crippen LogP contribution in [0.4, 0.5) is 0 Å². The predicted molar refractivity (Wildman–Crippen MR) is 167 cm³/mol. The molecule has 2 aliphatic heterocycles. The van der Waals surface area contributed by atoms with E-state index in [1.165, 1.54) is 16.7 Å². The quantitative estimate of drug-likeness (QED) is 0.314. The number of hydrogen-bond acceptors (Lipinski definition) is 4. The number of morpholine rings is 1. The number of nitrogens with zero attached hydrogens (tertiary/aromatic N) is 3. The second-order valence-electron chi connectivity index (χ2n) is 11.1. The van der Waals surface area contributed by atoms with Gasteiger partial charge < -0.3 is 14.5 Å². The number of piperidine rings is 1. The number of pyridine rings is 1. The standard InChI is InChI=1S/C32H32Br2ClN3O3/c33-24-15-23-6-5-22-16-25(35)18-27(34)29(22)30(31(23)36-19-24)20-7-9-38(10-8-20)32(40)26-4-2-1-3-21(26)17-28(39)37-11-13-41-14-12-37/h1-4,15-16,18-20,30H,5-14,17H2/t30-/m1/s1. The summed E-state index contributed by atoms with van der Waals surface area (Å²) in [7, 11) is 0. The second kappa shape index (κ2) is 12.5. The number of fused-ring (bicyclic) bond motifs is 2. The van der Waals surface area contributed by atoms with Crippen LogP contribution in [0.3, 0.4) is 0 Å². The third kappa shape index (κ3) is 6.12. The molecule has 0 spiro atoms. The summed E-state index contributed by atoms with van der Waals surface area (Å²) in [5, 5.41) is 0.737. The van der Waals surface area contributed by atoms with Gasteiger partial charge in [-0.15, -0.1) is 0 Å². The molecule has 2 amide bonds. The fraction of sp³-hybridized carbons (Fsp3) is 0.406. The molecule has 3 aromatic rings. The van der Waals surface area contributed by atoms with E-state index in [0.717, 1.165) is 50.9 Å². The fourth-order valence-electron chi connectivity index (χ4n) is 6.61. The maximum absolute atomic E-state index is 13.8. The summed E-state index contributed by atoms with van der Waals surface area (Å²) in [6.07, 6.45) is 5.69. The molecule has 2 fully saturated rings. The van der Waals surface area contributed by atoms with Crippen LogP contribution in [0.5, 0.6) is 0 Å². The predicted octanol–water partition coefficient (Wildman–Crippen LogP) is 6.44. The van der Waals surface area contributed by atoms with Gasteiger partial charge in [0.2, 0.25) is 5.91 Å². The van der Waals surface area contributed by atoms with Crippen LogP contribution < -0.4 is 0 Å². The topological polar surface area (TPSA) is 62.7 Å². The van der Waals surface area contributed by atoms with Gasteiger partial charge in [0.1, 0.15) is 0 Å². The minimum atomic E-state index is 0.00510. The van der Waals surface area contributed by atoms with Crippen molar-refractivity contribution in [1.82, 2.24) is 14.8 Å². The Bertz CT molecular complexity index is 1470. The maximum Gasteiger partial charge on any atom is 0.254 e. The number of carbonyl (C=O) groups excluding carboxylic acids is 2. The summed E-state index contributed by atoms with van der Waals surface area (Å²) in [6, 6.07) is 13.8. The number of benzene rings is 2. The third-order valence-corrected chi connectivity index (χ3v) is 9.98. The van der Waals surface area contributed by atoms with Crippen molar-refractivity contribution < 1.29 is 14.3 Å². The average molecular weight is 702 g/mol. The van der Waals surface area contributed by atoms with Crippen LogP contribution >= 0.6 is 43.5 Å². The number of aromatic nitrogens is 1. The van der Waals surface area contributed by atoms with E-state index < -0.39 is 0 Å². The highest BCUT2D eigenvalue weighted by atomic mass is 79.9. The molecule has 1 aliphatic carbocycles. The molecule has 1 atom stereocenters. The lowest BCUT2D eigenvalue weighted by Crippen LogP contribution is -2.42. The van der Waals surface area contributed by atoms with E-state index in [-0.39, 0.29) is 24.2 Å². The molecule has 2 saturated heterocycles. The number of likely N-dealkylation sites (tertiary alicyclic amines) is 1. The van der Waals surface area contributed by atoms with Crippen LogP contribution in [0.1, 0.15) is 57.1 Å². The van der Waals surface area contributed by atoms with Crippen molar-refractivity contribution in [1.29, 1.82) is 0 Å². The van der Waals surface area contributed by atoms with E-state index in [1.54, 1.807) is 0 Å². The zero-order chi connectivity index (χ0) is 28.5. The van der Waals surface area contributed by atoms with Crippen LogP contribution in [0, 0.1) is 5.92 Å². The van der Waals surface area contributed by atoms with Gasteiger partial charge in [0, 0.05) is 57.8 Å². The molecule has 3 heterocycles. The summed E-state index contributed by atoms with van der Waals surface area (Å²) < 4.78 is 7.41. The molecule has 3 aliphatic rings. The number of halogens is 3. The Morgan fingerprint density at radius 2 is 1.68 bits per heavy atom. The van der Waals surface area contributed by atoms with E-state index >= 15 is 0 Å². The number of rotatable bonds is 4. The Hall–Kier alpha value is -2.26. The molecule has 2 aromatic carbocycles. The maximum atomic E-state index is 13.8. The molecule has 0 unspecified atom stereocenters. The van der Waals surface area contributed by atoms with Crippen molar-refractivity contribution in [2.45, 2.75) is 38.0 Å². The molecule has 0 N–H and O–H groups in total. The Morgan fingerprint density at radius 3 is 2.46 bits per heavy atom. The summed E-state index contributed by atoms with van der Waals surface area (Å²) in [5.41, 5.74) is 6.35. The first-order chi connectivity index (χ1) is 19.9. The smallest absolute Gasteiger partial charge is 0.254 e. The van der Waals surface area contributed by atoms with Gasteiger partial charge in [-0.1, -0.05) is 45.7 Å². The van der Waals surface area contributed by atoms with E-state index in [9.17, 15) is 9.59 Å². The molecule has 214 valence electrons. The first-order valence-electron chi connectivity index (χ1n) is 14.2. The highest BCUT2D eigenvalue weighted by Gasteiger charge is 2.36. The van der Waals surface area contributed by atoms with Crippen molar-refractivity contribution in [3.63, 3.8) is 0 Å². The largest absolute Gasteiger partial charge is 0.378 e. The molecule has 41 heavy (non-hydrogen) atoms. The summed E-state index contributed by atoms with van der Waals surface area (Å²) >= 11 is 13.9. The van der Waals surface area contributed by atoms with Gasteiger partial charge in [-0.25, -0.2) is 0 Å². The van der Waals surface area contributed by atoms with Crippen molar-refractivity contribution in [3.8, 4) is 0 Å². The van der Waals surface area contributed by atoms with Gasteiger partial charge in [-0.05, 0) is 94.1 Å². The van der Waals surface area contributed by atoms with Gasteiger partial charge in [0.05, 0.1) is 25.3 Å². The van der Waals surface area contributed by atoms with Gasteiger partial charge in [0.25, 0.3) is 5.91 Å². The first kappa shape index (κ1) is 28.8. The zero-order valence-corrected chi connectivity index (χ0v) is 26.7. The normalized spacial score (nSPS) is 19.3. The van der Waals surface area contributed by atoms with Gasteiger partial charge >= 0.3 is 0 Å². The van der Waals surface area contributed by atoms with Crippen LogP contribution in [0.25, 0.3) is 0 Å². The van der Waals surface area contributed by atoms with E-state index in [0.29, 0.717) is 50.9 Å². The van der Waals surface area contributed by atoms with Crippen LogP contribution in [0.15, 0.2) is 57.6 Å². The van der Waals surface area contributed by atoms with Crippen molar-refractivity contribution in [3.05, 3.63) is 96.1 Å². The Kier molecular flexibility index (Phi) is 8.82. The third-order valence-electron chi connectivity index (χ3n) is 8.67. The molecule has 0 bridgehead atoms. The van der Waals surface area contributed by atoms with E-state index in [4.69, 9.17) is 21.3 Å². The summed E-state index contributed by atoms with van der Waals surface area (Å²) in [4.78, 5) is 35.5. The number of carbonyl (C=O) groups is 2. The summed E-state index contributed by atoms with van der Waals surface area (Å²) in [6.45, 7) is 3.66. The zero-order valence-electron chi connectivity index (χ0n) is 22.8. The molecular weight excluding hydrogens is 670 g/mol.